The fourth-order valence-electron chi connectivity index (χ4n) is 2.16. The number of hydrogen-bond acceptors (Lipinski definition) is 3. The Morgan fingerprint density at radius 2 is 1.95 bits per heavy atom. The zero-order valence-corrected chi connectivity index (χ0v) is 16.3. The predicted octanol–water partition coefficient (Wildman–Crippen LogP) is 2.40. The van der Waals surface area contributed by atoms with Crippen molar-refractivity contribution in [3.63, 3.8) is 0 Å². The van der Waals surface area contributed by atoms with Crippen LogP contribution >= 0.6 is 35.7 Å². The number of guanidine groups is 1. The SMILES string of the molecule is CCN(CCNC(=NC)NCCCCSC)C1CC1.I. The fourth-order valence-corrected chi connectivity index (χ4v) is 2.65. The smallest absolute Gasteiger partial charge is 0.191 e. The molecule has 0 aromatic heterocycles. The van der Waals surface area contributed by atoms with Gasteiger partial charge in [-0.15, -0.1) is 24.0 Å². The molecule has 0 radical (unpaired) electrons. The average molecular weight is 414 g/mol. The van der Waals surface area contributed by atoms with Crippen LogP contribution in [-0.2, 0) is 0 Å². The average Bonchev–Trinajstić information content (AvgIpc) is 3.25. The van der Waals surface area contributed by atoms with Crippen LogP contribution in [0.2, 0.25) is 0 Å². The van der Waals surface area contributed by atoms with Gasteiger partial charge in [-0.05, 0) is 44.2 Å². The van der Waals surface area contributed by atoms with E-state index < -0.39 is 0 Å². The van der Waals surface area contributed by atoms with E-state index in [9.17, 15) is 0 Å². The molecule has 120 valence electrons. The van der Waals surface area contributed by atoms with Gasteiger partial charge in [-0.1, -0.05) is 6.92 Å². The molecule has 0 unspecified atom stereocenters. The van der Waals surface area contributed by atoms with Crippen LogP contribution in [0.15, 0.2) is 4.99 Å². The summed E-state index contributed by atoms with van der Waals surface area (Å²) >= 11 is 1.92. The third-order valence-electron chi connectivity index (χ3n) is 3.45. The van der Waals surface area contributed by atoms with Crippen molar-refractivity contribution in [3.8, 4) is 0 Å². The molecule has 0 aliphatic heterocycles. The van der Waals surface area contributed by atoms with Gasteiger partial charge in [0, 0.05) is 32.7 Å². The van der Waals surface area contributed by atoms with E-state index >= 15 is 0 Å². The minimum atomic E-state index is 0. The van der Waals surface area contributed by atoms with E-state index in [-0.39, 0.29) is 24.0 Å². The number of nitrogens with zero attached hydrogens (tertiary/aromatic N) is 2. The van der Waals surface area contributed by atoms with Crippen molar-refractivity contribution in [2.45, 2.75) is 38.6 Å². The van der Waals surface area contributed by atoms with Crippen LogP contribution in [0.1, 0.15) is 32.6 Å². The summed E-state index contributed by atoms with van der Waals surface area (Å²) in [7, 11) is 1.84. The van der Waals surface area contributed by atoms with Gasteiger partial charge in [-0.2, -0.15) is 11.8 Å². The number of nitrogens with one attached hydrogen (secondary N) is 2. The van der Waals surface area contributed by atoms with Gasteiger partial charge in [-0.25, -0.2) is 0 Å². The van der Waals surface area contributed by atoms with Crippen LogP contribution in [0.4, 0.5) is 0 Å². The molecule has 0 saturated heterocycles. The summed E-state index contributed by atoms with van der Waals surface area (Å²) in [4.78, 5) is 6.81. The normalized spacial score (nSPS) is 15.1. The topological polar surface area (TPSA) is 39.7 Å². The molecule has 2 N–H and O–H groups in total. The Hall–Kier alpha value is 0.310. The largest absolute Gasteiger partial charge is 0.356 e. The molecule has 0 spiro atoms. The van der Waals surface area contributed by atoms with E-state index in [1.807, 2.05) is 18.8 Å². The first-order valence-electron chi connectivity index (χ1n) is 7.49. The van der Waals surface area contributed by atoms with Crippen LogP contribution in [0.5, 0.6) is 0 Å². The van der Waals surface area contributed by atoms with Crippen LogP contribution in [0, 0.1) is 0 Å². The number of rotatable bonds is 10. The molecule has 0 bridgehead atoms. The lowest BCUT2D eigenvalue weighted by molar-refractivity contribution is 0.282. The maximum absolute atomic E-state index is 4.26. The van der Waals surface area contributed by atoms with Crippen molar-refractivity contribution in [3.05, 3.63) is 0 Å². The number of likely N-dealkylation sites (N-methyl/N-ethyl adjacent to an activating group) is 1. The maximum Gasteiger partial charge on any atom is 0.191 e. The van der Waals surface area contributed by atoms with Crippen molar-refractivity contribution in [2.24, 2.45) is 4.99 Å². The number of thioether (sulfide) groups is 1. The molecule has 4 nitrogen and oxygen atoms in total. The summed E-state index contributed by atoms with van der Waals surface area (Å²) < 4.78 is 0. The number of halogens is 1. The van der Waals surface area contributed by atoms with E-state index in [1.165, 1.54) is 31.4 Å². The molecule has 1 saturated carbocycles. The number of hydrogen-bond donors (Lipinski definition) is 2. The summed E-state index contributed by atoms with van der Waals surface area (Å²) in [5.41, 5.74) is 0. The molecule has 0 atom stereocenters. The van der Waals surface area contributed by atoms with Crippen LogP contribution in [0.3, 0.4) is 0 Å². The molecular formula is C14H31IN4S. The molecule has 1 aliphatic rings. The third kappa shape index (κ3) is 9.28. The molecule has 1 aliphatic carbocycles. The van der Waals surface area contributed by atoms with Crippen molar-refractivity contribution in [1.82, 2.24) is 15.5 Å². The zero-order chi connectivity index (χ0) is 13.9. The Bertz CT molecular complexity index is 260. The van der Waals surface area contributed by atoms with Gasteiger partial charge >= 0.3 is 0 Å². The summed E-state index contributed by atoms with van der Waals surface area (Å²) in [6.45, 7) is 6.52. The second kappa shape index (κ2) is 13.0. The van der Waals surface area contributed by atoms with Crippen LogP contribution in [-0.4, -0.2) is 62.1 Å². The highest BCUT2D eigenvalue weighted by atomic mass is 127. The summed E-state index contributed by atoms with van der Waals surface area (Å²) in [6.07, 6.45) is 7.42. The van der Waals surface area contributed by atoms with E-state index in [0.29, 0.717) is 0 Å². The predicted molar refractivity (Wildman–Crippen MR) is 103 cm³/mol. The Kier molecular flexibility index (Phi) is 13.2. The summed E-state index contributed by atoms with van der Waals surface area (Å²) in [5, 5.41) is 6.78. The van der Waals surface area contributed by atoms with Crippen molar-refractivity contribution in [2.75, 3.05) is 45.2 Å². The van der Waals surface area contributed by atoms with Crippen LogP contribution in [0.25, 0.3) is 0 Å². The van der Waals surface area contributed by atoms with Crippen LogP contribution < -0.4 is 10.6 Å². The van der Waals surface area contributed by atoms with Crippen molar-refractivity contribution < 1.29 is 0 Å². The molecular weight excluding hydrogens is 383 g/mol. The monoisotopic (exact) mass is 414 g/mol. The first-order chi connectivity index (χ1) is 9.31. The fraction of sp³-hybridized carbons (Fsp3) is 0.929. The lowest BCUT2D eigenvalue weighted by atomic mass is 10.3. The Morgan fingerprint density at radius 1 is 1.25 bits per heavy atom. The zero-order valence-electron chi connectivity index (χ0n) is 13.2. The molecule has 1 rings (SSSR count). The molecule has 6 heteroatoms. The molecule has 0 aromatic carbocycles. The highest BCUT2D eigenvalue weighted by Crippen LogP contribution is 2.25. The Morgan fingerprint density at radius 3 is 2.50 bits per heavy atom. The van der Waals surface area contributed by atoms with E-state index in [0.717, 1.165) is 38.2 Å². The van der Waals surface area contributed by atoms with Crippen molar-refractivity contribution >= 4 is 41.7 Å². The second-order valence-electron chi connectivity index (χ2n) is 4.99. The van der Waals surface area contributed by atoms with Gasteiger partial charge in [0.25, 0.3) is 0 Å². The van der Waals surface area contributed by atoms with Gasteiger partial charge in [-0.3, -0.25) is 9.89 Å². The van der Waals surface area contributed by atoms with Gasteiger partial charge in [0.05, 0.1) is 0 Å². The molecule has 0 amide bonds. The number of aliphatic imine (C=N–C) groups is 1. The van der Waals surface area contributed by atoms with Gasteiger partial charge in [0.2, 0.25) is 0 Å². The third-order valence-corrected chi connectivity index (χ3v) is 4.15. The van der Waals surface area contributed by atoms with Gasteiger partial charge < -0.3 is 10.6 Å². The first kappa shape index (κ1) is 20.3. The Balaban J connectivity index is 0.00000361. The molecule has 0 heterocycles. The lowest BCUT2D eigenvalue weighted by Gasteiger charge is -2.20. The lowest BCUT2D eigenvalue weighted by Crippen LogP contribution is -2.42. The summed E-state index contributed by atoms with van der Waals surface area (Å²) in [5.74, 6) is 2.19. The highest BCUT2D eigenvalue weighted by molar-refractivity contribution is 14.0. The van der Waals surface area contributed by atoms with Gasteiger partial charge in [0.1, 0.15) is 0 Å². The Labute approximate surface area is 145 Å². The standard InChI is InChI=1S/C14H30N4S.HI/c1-4-18(13-7-8-13)11-10-17-14(15-2)16-9-5-6-12-19-3;/h13H,4-12H2,1-3H3,(H2,15,16,17);1H. The summed E-state index contributed by atoms with van der Waals surface area (Å²) in [6, 6.07) is 0.855. The van der Waals surface area contributed by atoms with E-state index in [1.54, 1.807) is 0 Å². The van der Waals surface area contributed by atoms with Gasteiger partial charge in [0.15, 0.2) is 5.96 Å². The molecule has 1 fully saturated rings. The quantitative estimate of drug-likeness (QED) is 0.249. The molecule has 20 heavy (non-hydrogen) atoms. The number of unbranched alkanes of at least 4 members (excludes halogenated alkanes) is 1. The minimum absolute atomic E-state index is 0. The maximum atomic E-state index is 4.26. The van der Waals surface area contributed by atoms with Crippen molar-refractivity contribution in [1.29, 1.82) is 0 Å². The van der Waals surface area contributed by atoms with E-state index in [2.05, 4.69) is 33.7 Å². The van der Waals surface area contributed by atoms with E-state index in [4.69, 9.17) is 0 Å². The minimum Gasteiger partial charge on any atom is -0.356 e. The second-order valence-corrected chi connectivity index (χ2v) is 5.97. The molecule has 0 aromatic rings. The highest BCUT2D eigenvalue weighted by Gasteiger charge is 2.27. The first-order valence-corrected chi connectivity index (χ1v) is 8.88.